The number of ether oxygens (including phenoxy) is 1. The molecule has 3 heterocycles. The van der Waals surface area contributed by atoms with Crippen molar-refractivity contribution in [2.75, 3.05) is 6.61 Å². The molecule has 0 atom stereocenters. The standard InChI is InChI=1S/C8H9N3OS/c1-2-11-6(4-12-3-1)7-8(10-11)9-5-13-7/h5H,1-4H2. The fraction of sp³-hybridized carbons (Fsp3) is 0.500. The first-order chi connectivity index (χ1) is 6.45. The molecule has 2 aromatic heterocycles. The highest BCUT2D eigenvalue weighted by molar-refractivity contribution is 7.16. The highest BCUT2D eigenvalue weighted by Gasteiger charge is 2.15. The Morgan fingerprint density at radius 1 is 1.54 bits per heavy atom. The zero-order chi connectivity index (χ0) is 8.67. The average molecular weight is 195 g/mol. The van der Waals surface area contributed by atoms with Crippen molar-refractivity contribution in [1.29, 1.82) is 0 Å². The zero-order valence-electron chi connectivity index (χ0n) is 7.06. The van der Waals surface area contributed by atoms with Gasteiger partial charge in [-0.15, -0.1) is 11.3 Å². The van der Waals surface area contributed by atoms with Crippen LogP contribution in [0.25, 0.3) is 10.3 Å². The summed E-state index contributed by atoms with van der Waals surface area (Å²) in [6, 6.07) is 0. The fourth-order valence-corrected chi connectivity index (χ4v) is 2.37. The quantitative estimate of drug-likeness (QED) is 0.638. The molecule has 0 unspecified atom stereocenters. The highest BCUT2D eigenvalue weighted by atomic mass is 32.1. The number of hydrogen-bond donors (Lipinski definition) is 0. The van der Waals surface area contributed by atoms with E-state index in [1.165, 1.54) is 10.4 Å². The molecule has 0 N–H and O–H groups in total. The van der Waals surface area contributed by atoms with Gasteiger partial charge in [-0.2, -0.15) is 5.10 Å². The van der Waals surface area contributed by atoms with Gasteiger partial charge in [0.15, 0.2) is 5.65 Å². The van der Waals surface area contributed by atoms with Crippen LogP contribution in [0.4, 0.5) is 0 Å². The van der Waals surface area contributed by atoms with E-state index in [4.69, 9.17) is 4.74 Å². The first-order valence-electron chi connectivity index (χ1n) is 4.32. The van der Waals surface area contributed by atoms with E-state index in [0.29, 0.717) is 6.61 Å². The minimum absolute atomic E-state index is 0.679. The summed E-state index contributed by atoms with van der Waals surface area (Å²) in [4.78, 5) is 4.19. The number of fused-ring (bicyclic) bond motifs is 3. The number of aromatic nitrogens is 3. The number of rotatable bonds is 0. The van der Waals surface area contributed by atoms with E-state index >= 15 is 0 Å². The largest absolute Gasteiger partial charge is 0.375 e. The molecule has 1 aliphatic rings. The van der Waals surface area contributed by atoms with Crippen LogP contribution in [0.5, 0.6) is 0 Å². The van der Waals surface area contributed by atoms with E-state index in [1.807, 2.05) is 10.2 Å². The summed E-state index contributed by atoms with van der Waals surface area (Å²) in [5, 5.41) is 4.41. The van der Waals surface area contributed by atoms with Crippen LogP contribution >= 0.6 is 11.3 Å². The Labute approximate surface area is 79.1 Å². The fourth-order valence-electron chi connectivity index (χ4n) is 1.61. The second kappa shape index (κ2) is 2.78. The van der Waals surface area contributed by atoms with Crippen LogP contribution in [-0.4, -0.2) is 21.4 Å². The molecule has 0 bridgehead atoms. The molecule has 0 amide bonds. The van der Waals surface area contributed by atoms with E-state index < -0.39 is 0 Å². The molecule has 0 spiro atoms. The molecule has 1 aliphatic heterocycles. The normalized spacial score (nSPS) is 17.2. The molecular formula is C8H9N3OS. The predicted octanol–water partition coefficient (Wildman–Crippen LogP) is 1.41. The summed E-state index contributed by atoms with van der Waals surface area (Å²) in [5.74, 6) is 0. The van der Waals surface area contributed by atoms with Gasteiger partial charge < -0.3 is 4.74 Å². The van der Waals surface area contributed by atoms with Crippen LogP contribution in [0.2, 0.25) is 0 Å². The molecule has 68 valence electrons. The van der Waals surface area contributed by atoms with Crippen molar-refractivity contribution >= 4 is 21.7 Å². The molecule has 2 aromatic rings. The van der Waals surface area contributed by atoms with Crippen molar-refractivity contribution in [2.45, 2.75) is 19.6 Å². The monoisotopic (exact) mass is 195 g/mol. The maximum Gasteiger partial charge on any atom is 0.192 e. The van der Waals surface area contributed by atoms with Crippen molar-refractivity contribution in [1.82, 2.24) is 14.8 Å². The third kappa shape index (κ3) is 1.08. The van der Waals surface area contributed by atoms with Crippen molar-refractivity contribution in [2.24, 2.45) is 0 Å². The molecule has 0 aliphatic carbocycles. The SMILES string of the molecule is c1nc2nn3c(c2s1)COCCC3. The third-order valence-electron chi connectivity index (χ3n) is 2.24. The molecule has 0 fully saturated rings. The van der Waals surface area contributed by atoms with Gasteiger partial charge in [-0.25, -0.2) is 4.98 Å². The lowest BCUT2D eigenvalue weighted by Crippen LogP contribution is -2.01. The third-order valence-corrected chi connectivity index (χ3v) is 3.10. The second-order valence-electron chi connectivity index (χ2n) is 3.08. The minimum atomic E-state index is 0.679. The Kier molecular flexibility index (Phi) is 1.60. The van der Waals surface area contributed by atoms with Gasteiger partial charge in [0.05, 0.1) is 22.5 Å². The Balaban J connectivity index is 2.22. The van der Waals surface area contributed by atoms with E-state index in [0.717, 1.165) is 25.2 Å². The van der Waals surface area contributed by atoms with Crippen molar-refractivity contribution in [3.05, 3.63) is 11.2 Å². The van der Waals surface area contributed by atoms with Gasteiger partial charge in [0.2, 0.25) is 0 Å². The Morgan fingerprint density at radius 3 is 3.54 bits per heavy atom. The Bertz CT molecular complexity index is 433. The van der Waals surface area contributed by atoms with Crippen LogP contribution in [0.3, 0.4) is 0 Å². The van der Waals surface area contributed by atoms with Crippen molar-refractivity contribution < 1.29 is 4.74 Å². The first-order valence-corrected chi connectivity index (χ1v) is 5.20. The van der Waals surface area contributed by atoms with Crippen LogP contribution < -0.4 is 0 Å². The van der Waals surface area contributed by atoms with Gasteiger partial charge in [0, 0.05) is 13.2 Å². The predicted molar refractivity (Wildman–Crippen MR) is 49.7 cm³/mol. The summed E-state index contributed by atoms with van der Waals surface area (Å²) in [7, 11) is 0. The molecule has 0 saturated carbocycles. The zero-order valence-corrected chi connectivity index (χ0v) is 7.88. The molecule has 4 nitrogen and oxygen atoms in total. The smallest absolute Gasteiger partial charge is 0.192 e. The van der Waals surface area contributed by atoms with E-state index in [9.17, 15) is 0 Å². The summed E-state index contributed by atoms with van der Waals surface area (Å²) >= 11 is 1.64. The van der Waals surface area contributed by atoms with Gasteiger partial charge in [-0.3, -0.25) is 4.68 Å². The lowest BCUT2D eigenvalue weighted by atomic mass is 10.4. The summed E-state index contributed by atoms with van der Waals surface area (Å²) in [6.45, 7) is 2.47. The molecule has 13 heavy (non-hydrogen) atoms. The number of aryl methyl sites for hydroxylation is 1. The molecule has 0 saturated heterocycles. The van der Waals surface area contributed by atoms with E-state index in [1.54, 1.807) is 11.3 Å². The van der Waals surface area contributed by atoms with Crippen LogP contribution in [0, 0.1) is 0 Å². The van der Waals surface area contributed by atoms with Gasteiger partial charge in [-0.1, -0.05) is 0 Å². The first kappa shape index (κ1) is 7.46. The maximum absolute atomic E-state index is 5.47. The average Bonchev–Trinajstić information content (AvgIpc) is 2.61. The highest BCUT2D eigenvalue weighted by Crippen LogP contribution is 2.24. The molecule has 3 rings (SSSR count). The lowest BCUT2D eigenvalue weighted by molar-refractivity contribution is 0.125. The molecule has 5 heteroatoms. The van der Waals surface area contributed by atoms with Crippen LogP contribution in [0.1, 0.15) is 12.1 Å². The van der Waals surface area contributed by atoms with Gasteiger partial charge >= 0.3 is 0 Å². The van der Waals surface area contributed by atoms with Gasteiger partial charge in [0.25, 0.3) is 0 Å². The second-order valence-corrected chi connectivity index (χ2v) is 3.94. The molecular weight excluding hydrogens is 186 g/mol. The van der Waals surface area contributed by atoms with Gasteiger partial charge in [-0.05, 0) is 6.42 Å². The topological polar surface area (TPSA) is 39.9 Å². The van der Waals surface area contributed by atoms with E-state index in [-0.39, 0.29) is 0 Å². The summed E-state index contributed by atoms with van der Waals surface area (Å²) in [6.07, 6.45) is 1.04. The minimum Gasteiger partial charge on any atom is -0.375 e. The molecule has 0 aromatic carbocycles. The van der Waals surface area contributed by atoms with Gasteiger partial charge in [0.1, 0.15) is 0 Å². The number of hydrogen-bond acceptors (Lipinski definition) is 4. The summed E-state index contributed by atoms with van der Waals surface area (Å²) in [5.41, 5.74) is 3.89. The Hall–Kier alpha value is -0.940. The number of nitrogens with zero attached hydrogens (tertiary/aromatic N) is 3. The Morgan fingerprint density at radius 2 is 2.54 bits per heavy atom. The number of thiazole rings is 1. The van der Waals surface area contributed by atoms with Crippen LogP contribution in [-0.2, 0) is 17.9 Å². The van der Waals surface area contributed by atoms with E-state index in [2.05, 4.69) is 10.1 Å². The van der Waals surface area contributed by atoms with Crippen molar-refractivity contribution in [3.8, 4) is 0 Å². The molecule has 0 radical (unpaired) electrons. The summed E-state index contributed by atoms with van der Waals surface area (Å²) < 4.78 is 8.69. The lowest BCUT2D eigenvalue weighted by Gasteiger charge is -1.98. The maximum atomic E-state index is 5.47. The van der Waals surface area contributed by atoms with Crippen molar-refractivity contribution in [3.63, 3.8) is 0 Å². The van der Waals surface area contributed by atoms with Crippen LogP contribution in [0.15, 0.2) is 5.51 Å².